The molecule has 0 saturated heterocycles. The molecule has 5 aromatic rings. The van der Waals surface area contributed by atoms with E-state index in [1.165, 1.54) is 0 Å². The van der Waals surface area contributed by atoms with Gasteiger partial charge in [0, 0.05) is 24.4 Å². The molecule has 4 N–H and O–H groups in total. The van der Waals surface area contributed by atoms with Gasteiger partial charge in [-0.1, -0.05) is 22.8 Å². The van der Waals surface area contributed by atoms with Gasteiger partial charge in [-0.25, -0.2) is 14.8 Å². The lowest BCUT2D eigenvalue weighted by molar-refractivity contribution is 0.388. The van der Waals surface area contributed by atoms with Crippen LogP contribution >= 0.6 is 11.6 Å². The fraction of sp³-hybridized carbons (Fsp3) is 0.185. The summed E-state index contributed by atoms with van der Waals surface area (Å²) in [6.07, 6.45) is 1.55. The van der Waals surface area contributed by atoms with E-state index in [2.05, 4.69) is 34.9 Å². The molecule has 0 aliphatic heterocycles. The van der Waals surface area contributed by atoms with Gasteiger partial charge in [0.25, 0.3) is 0 Å². The van der Waals surface area contributed by atoms with Crippen molar-refractivity contribution >= 4 is 40.2 Å². The highest BCUT2D eigenvalue weighted by Gasteiger charge is 2.21. The molecule has 0 aliphatic carbocycles. The van der Waals surface area contributed by atoms with Crippen LogP contribution < -0.4 is 22.2 Å². The SMILES string of the molecule is CN=Cc1nc(-c2oc3c([C@@H](C)Nc4ccc(Cl)nc4-c4noc(=O)[nH]4)cc(C)cc3c(=O)c2C)ccc1N. The summed E-state index contributed by atoms with van der Waals surface area (Å²) in [6, 6.07) is 10.1. The van der Waals surface area contributed by atoms with Crippen molar-refractivity contribution in [2.75, 3.05) is 18.1 Å². The molecule has 0 spiro atoms. The normalized spacial score (nSPS) is 12.3. The first kappa shape index (κ1) is 25.9. The van der Waals surface area contributed by atoms with Gasteiger partial charge in [0.1, 0.15) is 27.8 Å². The van der Waals surface area contributed by atoms with Gasteiger partial charge < -0.3 is 15.5 Å². The Balaban J connectivity index is 1.65. The number of nitrogens with zero attached hydrogens (tertiary/aromatic N) is 4. The lowest BCUT2D eigenvalue weighted by Gasteiger charge is -2.20. The Morgan fingerprint density at radius 1 is 1.15 bits per heavy atom. The van der Waals surface area contributed by atoms with E-state index < -0.39 is 5.76 Å². The van der Waals surface area contributed by atoms with E-state index in [-0.39, 0.29) is 22.4 Å². The number of nitrogens with two attached hydrogens (primary N) is 1. The first-order chi connectivity index (χ1) is 18.7. The van der Waals surface area contributed by atoms with Crippen molar-refractivity contribution in [2.24, 2.45) is 4.99 Å². The van der Waals surface area contributed by atoms with Crippen LogP contribution in [0.25, 0.3) is 33.9 Å². The Labute approximate surface area is 226 Å². The summed E-state index contributed by atoms with van der Waals surface area (Å²) in [4.78, 5) is 40.4. The Morgan fingerprint density at radius 2 is 1.95 bits per heavy atom. The molecule has 0 fully saturated rings. The summed E-state index contributed by atoms with van der Waals surface area (Å²) in [5.74, 6) is -0.258. The number of H-pyrrole nitrogens is 1. The van der Waals surface area contributed by atoms with Crippen molar-refractivity contribution < 1.29 is 8.94 Å². The average Bonchev–Trinajstić information content (AvgIpc) is 3.34. The minimum absolute atomic E-state index is 0.122. The molecule has 0 unspecified atom stereocenters. The number of aryl methyl sites for hydroxylation is 1. The van der Waals surface area contributed by atoms with Gasteiger partial charge in [-0.3, -0.25) is 19.3 Å². The third-order valence-electron chi connectivity index (χ3n) is 6.20. The summed E-state index contributed by atoms with van der Waals surface area (Å²) in [7, 11) is 1.63. The number of aliphatic imine (C=N–C) groups is 1. The van der Waals surface area contributed by atoms with Gasteiger partial charge in [-0.05, 0) is 56.7 Å². The quantitative estimate of drug-likeness (QED) is 0.203. The molecule has 4 aromatic heterocycles. The monoisotopic (exact) mass is 545 g/mol. The number of rotatable bonds is 6. The second kappa shape index (κ2) is 10.2. The number of pyridine rings is 2. The molecular formula is C27H24ClN7O4. The maximum absolute atomic E-state index is 13.5. The van der Waals surface area contributed by atoms with E-state index in [4.69, 9.17) is 21.8 Å². The Morgan fingerprint density at radius 3 is 2.67 bits per heavy atom. The van der Waals surface area contributed by atoms with Crippen LogP contribution in [0.5, 0.6) is 0 Å². The summed E-state index contributed by atoms with van der Waals surface area (Å²) in [6.45, 7) is 5.53. The molecule has 0 aliphatic rings. The van der Waals surface area contributed by atoms with Crippen LogP contribution in [0.1, 0.15) is 35.3 Å². The van der Waals surface area contributed by atoms with Gasteiger partial charge in [-0.15, -0.1) is 0 Å². The molecule has 12 heteroatoms. The van der Waals surface area contributed by atoms with Crippen molar-refractivity contribution in [3.8, 4) is 23.0 Å². The number of hydrogen-bond acceptors (Lipinski definition) is 10. The van der Waals surface area contributed by atoms with Gasteiger partial charge in [-0.2, -0.15) is 0 Å². The Hall–Kier alpha value is -4.77. The van der Waals surface area contributed by atoms with Crippen molar-refractivity contribution in [1.82, 2.24) is 20.1 Å². The summed E-state index contributed by atoms with van der Waals surface area (Å²) in [5.41, 5.74) is 10.5. The maximum atomic E-state index is 13.5. The number of nitrogen functional groups attached to an aromatic ring is 1. The van der Waals surface area contributed by atoms with Crippen LogP contribution in [0.15, 0.2) is 59.9 Å². The molecule has 11 nitrogen and oxygen atoms in total. The molecule has 39 heavy (non-hydrogen) atoms. The number of aromatic nitrogens is 4. The van der Waals surface area contributed by atoms with Gasteiger partial charge in [0.05, 0.1) is 22.8 Å². The zero-order valence-corrected chi connectivity index (χ0v) is 22.3. The highest BCUT2D eigenvalue weighted by Crippen LogP contribution is 2.34. The standard InChI is InChI=1S/C27H24ClN7O4/c1-12-9-15(14(3)31-18-7-8-21(28)33-22(18)26-34-27(37)39-35-26)25-16(10-12)23(36)13(2)24(38-25)19-6-5-17(29)20(32-19)11-30-4/h5-11,14,31H,29H2,1-4H3,(H,34,35,37)/t14-/m1/s1. The molecular weight excluding hydrogens is 522 g/mol. The van der Waals surface area contributed by atoms with E-state index in [0.29, 0.717) is 50.7 Å². The van der Waals surface area contributed by atoms with Crippen molar-refractivity contribution in [3.63, 3.8) is 0 Å². The average molecular weight is 546 g/mol. The molecule has 0 amide bonds. The van der Waals surface area contributed by atoms with Crippen LogP contribution in [0.3, 0.4) is 0 Å². The van der Waals surface area contributed by atoms with Crippen molar-refractivity contribution in [2.45, 2.75) is 26.8 Å². The summed E-state index contributed by atoms with van der Waals surface area (Å²) < 4.78 is 11.1. The minimum Gasteiger partial charge on any atom is -0.454 e. The predicted octanol–water partition coefficient (Wildman–Crippen LogP) is 4.67. The second-order valence-electron chi connectivity index (χ2n) is 9.01. The number of aromatic amines is 1. The minimum atomic E-state index is -0.718. The van der Waals surface area contributed by atoms with Crippen LogP contribution in [0, 0.1) is 13.8 Å². The molecule has 0 bridgehead atoms. The fourth-order valence-corrected chi connectivity index (χ4v) is 4.49. The maximum Gasteiger partial charge on any atom is 0.439 e. The molecule has 0 radical (unpaired) electrons. The lowest BCUT2D eigenvalue weighted by atomic mass is 9.99. The van der Waals surface area contributed by atoms with Gasteiger partial charge >= 0.3 is 5.76 Å². The van der Waals surface area contributed by atoms with Gasteiger partial charge in [0.15, 0.2) is 11.2 Å². The summed E-state index contributed by atoms with van der Waals surface area (Å²) >= 11 is 6.11. The number of hydrogen-bond donors (Lipinski definition) is 3. The van der Waals surface area contributed by atoms with E-state index in [0.717, 1.165) is 11.1 Å². The highest BCUT2D eigenvalue weighted by atomic mass is 35.5. The molecule has 5 rings (SSSR count). The topological polar surface area (TPSA) is 165 Å². The first-order valence-corrected chi connectivity index (χ1v) is 12.3. The molecule has 0 saturated carbocycles. The van der Waals surface area contributed by atoms with Crippen LogP contribution in [0.4, 0.5) is 11.4 Å². The first-order valence-electron chi connectivity index (χ1n) is 11.9. The van der Waals surface area contributed by atoms with E-state index in [9.17, 15) is 9.59 Å². The largest absolute Gasteiger partial charge is 0.454 e. The molecule has 198 valence electrons. The lowest BCUT2D eigenvalue weighted by Crippen LogP contribution is -2.13. The predicted molar refractivity (Wildman–Crippen MR) is 151 cm³/mol. The third-order valence-corrected chi connectivity index (χ3v) is 6.41. The number of anilines is 2. The van der Waals surface area contributed by atoms with Crippen LogP contribution in [-0.2, 0) is 0 Å². The molecule has 1 atom stereocenters. The van der Waals surface area contributed by atoms with E-state index >= 15 is 0 Å². The number of halogens is 1. The smallest absolute Gasteiger partial charge is 0.439 e. The zero-order valence-electron chi connectivity index (χ0n) is 21.5. The third kappa shape index (κ3) is 4.91. The van der Waals surface area contributed by atoms with Crippen LogP contribution in [0.2, 0.25) is 5.15 Å². The number of benzene rings is 1. The van der Waals surface area contributed by atoms with Gasteiger partial charge in [0.2, 0.25) is 5.82 Å². The number of fused-ring (bicyclic) bond motifs is 1. The molecule has 1 aromatic carbocycles. The van der Waals surface area contributed by atoms with E-state index in [1.807, 2.05) is 19.9 Å². The fourth-order valence-electron chi connectivity index (χ4n) is 4.35. The Kier molecular flexibility index (Phi) is 6.75. The van der Waals surface area contributed by atoms with E-state index in [1.54, 1.807) is 50.5 Å². The highest BCUT2D eigenvalue weighted by molar-refractivity contribution is 6.29. The van der Waals surface area contributed by atoms with Crippen molar-refractivity contribution in [3.05, 3.63) is 84.7 Å². The Bertz CT molecular complexity index is 1870. The number of nitrogens with one attached hydrogen (secondary N) is 2. The van der Waals surface area contributed by atoms with Crippen molar-refractivity contribution in [1.29, 1.82) is 0 Å². The van der Waals surface area contributed by atoms with Crippen LogP contribution in [-0.4, -0.2) is 33.4 Å². The summed E-state index contributed by atoms with van der Waals surface area (Å²) in [5, 5.41) is 7.76. The zero-order chi connectivity index (χ0) is 27.8. The second-order valence-corrected chi connectivity index (χ2v) is 9.40. The molecule has 4 heterocycles.